The van der Waals surface area contributed by atoms with Gasteiger partial charge in [0.15, 0.2) is 12.4 Å². The van der Waals surface area contributed by atoms with Crippen molar-refractivity contribution in [1.29, 1.82) is 0 Å². The number of rotatable bonds is 34. The Bertz CT molecular complexity index is 1170. The zero-order valence-corrected chi connectivity index (χ0v) is 34.6. The molecule has 1 aliphatic rings. The molecule has 320 valence electrons. The first-order chi connectivity index (χ1) is 26.5. The molecule has 0 aromatic carbocycles. The van der Waals surface area contributed by atoms with Gasteiger partial charge in [-0.15, -0.1) is 0 Å². The van der Waals surface area contributed by atoms with Crippen LogP contribution in [-0.4, -0.2) is 96.0 Å². The average Bonchev–Trinajstić information content (AvgIpc) is 3.14. The van der Waals surface area contributed by atoms with Gasteiger partial charge in [-0.05, 0) is 44.9 Å². The fraction of sp³-hybridized carbons (Fsp3) is 0.810. The fourth-order valence-electron chi connectivity index (χ4n) is 6.16. The minimum Gasteiger partial charge on any atom is -0.462 e. The summed E-state index contributed by atoms with van der Waals surface area (Å²) in [5, 5.41) is 30.8. The van der Waals surface area contributed by atoms with Crippen molar-refractivity contribution < 1.29 is 56.8 Å². The highest BCUT2D eigenvalue weighted by Crippen LogP contribution is 2.24. The van der Waals surface area contributed by atoms with Gasteiger partial charge in [0, 0.05) is 12.8 Å². The lowest BCUT2D eigenvalue weighted by atomic mass is 10.00. The summed E-state index contributed by atoms with van der Waals surface area (Å²) in [6.45, 7) is 3.68. The van der Waals surface area contributed by atoms with Crippen LogP contribution in [0.3, 0.4) is 0 Å². The first kappa shape index (κ1) is 50.9. The summed E-state index contributed by atoms with van der Waals surface area (Å²) in [5.41, 5.74) is 0. The van der Waals surface area contributed by atoms with Crippen molar-refractivity contribution in [1.82, 2.24) is 0 Å². The second-order valence-corrected chi connectivity index (χ2v) is 16.2. The number of carbonyl (C=O) groups is 2. The number of esters is 2. The van der Waals surface area contributed by atoms with Gasteiger partial charge in [-0.1, -0.05) is 140 Å². The van der Waals surface area contributed by atoms with Crippen molar-refractivity contribution in [2.75, 3.05) is 19.0 Å². The molecule has 0 aliphatic carbocycles. The summed E-state index contributed by atoms with van der Waals surface area (Å²) in [6.07, 6.45) is 26.4. The van der Waals surface area contributed by atoms with Crippen molar-refractivity contribution in [3.63, 3.8) is 0 Å². The predicted molar refractivity (Wildman–Crippen MR) is 215 cm³/mol. The van der Waals surface area contributed by atoms with Crippen LogP contribution in [-0.2, 0) is 38.7 Å². The molecule has 13 heteroatoms. The summed E-state index contributed by atoms with van der Waals surface area (Å²) in [7, 11) is -4.60. The second kappa shape index (κ2) is 32.9. The van der Waals surface area contributed by atoms with Crippen LogP contribution in [0.1, 0.15) is 162 Å². The van der Waals surface area contributed by atoms with E-state index in [4.69, 9.17) is 18.9 Å². The molecule has 1 aliphatic heterocycles. The normalized spacial score (nSPS) is 21.2. The van der Waals surface area contributed by atoms with Gasteiger partial charge in [0.1, 0.15) is 36.8 Å². The lowest BCUT2D eigenvalue weighted by molar-refractivity contribution is -0.297. The zero-order chi connectivity index (χ0) is 40.6. The van der Waals surface area contributed by atoms with E-state index in [0.717, 1.165) is 38.5 Å². The Labute approximate surface area is 331 Å². The fourth-order valence-corrected chi connectivity index (χ4v) is 6.85. The third kappa shape index (κ3) is 28.0. The molecular weight excluding hydrogens is 729 g/mol. The maximum atomic E-state index is 12.7. The molecule has 6 atom stereocenters. The van der Waals surface area contributed by atoms with Crippen LogP contribution >= 0.6 is 0 Å². The van der Waals surface area contributed by atoms with Gasteiger partial charge in [-0.3, -0.25) is 14.1 Å². The molecule has 0 amide bonds. The molecule has 1 heterocycles. The SMILES string of the molecule is CCCCCCCC/C=C/C/C=C/C/C=C/CCCC(=O)O[C@H](COC(=O)CCCCCCCCCCCC)CO[C@H]1O[C@H](CS(=O)(=O)O)[C@@H](O)C(O)C1O. The highest BCUT2D eigenvalue weighted by atomic mass is 32.2. The molecule has 0 spiro atoms. The van der Waals surface area contributed by atoms with Crippen LogP contribution in [0, 0.1) is 0 Å². The number of aliphatic hydroxyl groups is 3. The largest absolute Gasteiger partial charge is 0.462 e. The average molecular weight is 803 g/mol. The lowest BCUT2D eigenvalue weighted by Gasteiger charge is -2.40. The number of unbranched alkanes of at least 4 members (excludes halogenated alkanes) is 16. The highest BCUT2D eigenvalue weighted by Gasteiger charge is 2.46. The molecule has 1 saturated heterocycles. The second-order valence-electron chi connectivity index (χ2n) is 14.7. The highest BCUT2D eigenvalue weighted by molar-refractivity contribution is 7.85. The van der Waals surface area contributed by atoms with E-state index in [1.54, 1.807) is 0 Å². The van der Waals surface area contributed by atoms with Crippen molar-refractivity contribution >= 4 is 22.1 Å². The molecule has 1 fully saturated rings. The molecule has 2 unspecified atom stereocenters. The first-order valence-corrected chi connectivity index (χ1v) is 22.7. The summed E-state index contributed by atoms with van der Waals surface area (Å²) in [4.78, 5) is 25.2. The van der Waals surface area contributed by atoms with Crippen LogP contribution in [0.2, 0.25) is 0 Å². The molecular formula is C42H74O12S. The Kier molecular flexibility index (Phi) is 30.4. The van der Waals surface area contributed by atoms with Crippen LogP contribution in [0.25, 0.3) is 0 Å². The first-order valence-electron chi connectivity index (χ1n) is 21.0. The molecule has 55 heavy (non-hydrogen) atoms. The van der Waals surface area contributed by atoms with Crippen molar-refractivity contribution in [2.24, 2.45) is 0 Å². The summed E-state index contributed by atoms with van der Waals surface area (Å²) in [5.74, 6) is -2.05. The third-order valence-corrected chi connectivity index (χ3v) is 10.2. The van der Waals surface area contributed by atoms with E-state index in [1.165, 1.54) is 77.0 Å². The van der Waals surface area contributed by atoms with Gasteiger partial charge < -0.3 is 34.3 Å². The number of aliphatic hydroxyl groups excluding tert-OH is 3. The minimum absolute atomic E-state index is 0.0938. The van der Waals surface area contributed by atoms with Gasteiger partial charge in [0.25, 0.3) is 10.1 Å². The number of carbonyl (C=O) groups excluding carboxylic acids is 2. The predicted octanol–water partition coefficient (Wildman–Crippen LogP) is 7.83. The Morgan fingerprint density at radius 3 is 1.67 bits per heavy atom. The monoisotopic (exact) mass is 802 g/mol. The van der Waals surface area contributed by atoms with E-state index in [1.807, 2.05) is 12.2 Å². The molecule has 0 aromatic heterocycles. The maximum absolute atomic E-state index is 12.7. The van der Waals surface area contributed by atoms with E-state index in [2.05, 4.69) is 38.2 Å². The Balaban J connectivity index is 2.52. The van der Waals surface area contributed by atoms with Crippen LogP contribution in [0.5, 0.6) is 0 Å². The van der Waals surface area contributed by atoms with Crippen molar-refractivity contribution in [3.05, 3.63) is 36.5 Å². The standard InChI is InChI=1S/C42H74O12S/c1-3-5-7-9-11-13-15-16-17-18-19-20-21-23-25-27-29-31-38(44)53-35(32-51-37(43)30-28-26-24-22-14-12-10-8-6-4-2)33-52-42-41(47)40(46)39(45)36(54-42)34-55(48,49)50/h16-17,19-20,23,25,35-36,39-42,45-47H,3-15,18,21-22,24,26-34H2,1-2H3,(H,48,49,50)/b17-16+,20-19+,25-23+/t35-,36-,39-,40?,41?,42+/m1/s1. The summed E-state index contributed by atoms with van der Waals surface area (Å²) >= 11 is 0. The molecule has 12 nitrogen and oxygen atoms in total. The van der Waals surface area contributed by atoms with E-state index >= 15 is 0 Å². The van der Waals surface area contributed by atoms with Gasteiger partial charge in [-0.25, -0.2) is 0 Å². The molecule has 0 bridgehead atoms. The molecule has 1 rings (SSSR count). The van der Waals surface area contributed by atoms with Gasteiger partial charge in [-0.2, -0.15) is 8.42 Å². The summed E-state index contributed by atoms with van der Waals surface area (Å²) in [6, 6.07) is 0. The zero-order valence-electron chi connectivity index (χ0n) is 33.8. The quantitative estimate of drug-likeness (QED) is 0.0214. The topological polar surface area (TPSA) is 186 Å². The van der Waals surface area contributed by atoms with Crippen molar-refractivity contribution in [3.8, 4) is 0 Å². The van der Waals surface area contributed by atoms with Crippen LogP contribution < -0.4 is 0 Å². The third-order valence-electron chi connectivity index (χ3n) is 9.47. The molecule has 0 saturated carbocycles. The Morgan fingerprint density at radius 2 is 1.11 bits per heavy atom. The smallest absolute Gasteiger partial charge is 0.306 e. The van der Waals surface area contributed by atoms with Gasteiger partial charge in [0.2, 0.25) is 0 Å². The van der Waals surface area contributed by atoms with Crippen LogP contribution in [0.4, 0.5) is 0 Å². The van der Waals surface area contributed by atoms with E-state index in [-0.39, 0.29) is 19.4 Å². The van der Waals surface area contributed by atoms with Gasteiger partial charge in [0.05, 0.1) is 6.61 Å². The number of allylic oxidation sites excluding steroid dienone is 6. The van der Waals surface area contributed by atoms with Crippen molar-refractivity contribution in [2.45, 2.75) is 198 Å². The van der Waals surface area contributed by atoms with E-state index < -0.39 is 71.2 Å². The molecule has 4 N–H and O–H groups in total. The Hall–Kier alpha value is -2.13. The maximum Gasteiger partial charge on any atom is 0.306 e. The number of hydrogen-bond donors (Lipinski definition) is 4. The lowest BCUT2D eigenvalue weighted by Crippen LogP contribution is -2.60. The van der Waals surface area contributed by atoms with E-state index in [0.29, 0.717) is 19.3 Å². The molecule has 0 radical (unpaired) electrons. The van der Waals surface area contributed by atoms with Gasteiger partial charge >= 0.3 is 11.9 Å². The minimum atomic E-state index is -4.60. The Morgan fingerprint density at radius 1 is 0.618 bits per heavy atom. The number of ether oxygens (including phenoxy) is 4. The number of hydrogen-bond acceptors (Lipinski definition) is 11. The summed E-state index contributed by atoms with van der Waals surface area (Å²) < 4.78 is 53.8. The van der Waals surface area contributed by atoms with Crippen LogP contribution in [0.15, 0.2) is 36.5 Å². The van der Waals surface area contributed by atoms with E-state index in [9.17, 15) is 37.9 Å². The molecule has 0 aromatic rings.